The van der Waals surface area contributed by atoms with Gasteiger partial charge in [-0.05, 0) is 25.0 Å². The molecule has 0 saturated heterocycles. The smallest absolute Gasteiger partial charge is 0.194 e. The van der Waals surface area contributed by atoms with Crippen LogP contribution in [0.15, 0.2) is 54.6 Å². The summed E-state index contributed by atoms with van der Waals surface area (Å²) in [5, 5.41) is 2.91. The molecule has 0 saturated carbocycles. The molecule has 4 rings (SSSR count). The molecule has 1 aromatic carbocycles. The van der Waals surface area contributed by atoms with E-state index in [1.807, 2.05) is 36.9 Å². The number of rotatable bonds is 8. The Kier molecular flexibility index (Phi) is 5.57. The highest BCUT2D eigenvalue weighted by atomic mass is 35.5. The zero-order chi connectivity index (χ0) is 18.6. The van der Waals surface area contributed by atoms with Crippen LogP contribution in [0, 0.1) is 6.92 Å². The number of thiazole rings is 1. The van der Waals surface area contributed by atoms with Gasteiger partial charge in [-0.1, -0.05) is 29.8 Å². The van der Waals surface area contributed by atoms with E-state index in [1.165, 1.54) is 5.69 Å². The number of aromatic nitrogens is 4. The molecule has 27 heavy (non-hydrogen) atoms. The molecule has 0 atom stereocenters. The van der Waals surface area contributed by atoms with Gasteiger partial charge in [0.1, 0.15) is 0 Å². The summed E-state index contributed by atoms with van der Waals surface area (Å²) in [4.78, 5) is 12.3. The molecule has 0 aliphatic rings. The van der Waals surface area contributed by atoms with Crippen LogP contribution in [0.4, 0.5) is 0 Å². The second kappa shape index (κ2) is 8.25. The van der Waals surface area contributed by atoms with Crippen LogP contribution in [0.1, 0.15) is 23.4 Å². The highest BCUT2D eigenvalue weighted by molar-refractivity contribution is 7.15. The number of aryl methyl sites for hydroxylation is 2. The Hall–Kier alpha value is -2.15. The minimum Gasteiger partial charge on any atom is -0.337 e. The lowest BCUT2D eigenvalue weighted by molar-refractivity contribution is 0.244. The van der Waals surface area contributed by atoms with E-state index in [-0.39, 0.29) is 0 Å². The zero-order valence-electron chi connectivity index (χ0n) is 15.3. The van der Waals surface area contributed by atoms with Crippen molar-refractivity contribution < 1.29 is 0 Å². The normalized spacial score (nSPS) is 11.7. The lowest BCUT2D eigenvalue weighted by Gasteiger charge is -2.23. The SMILES string of the molecule is Cc1nc2sccn2c1CN(CCCn1ccnc1)Cc1ccccc1Cl. The van der Waals surface area contributed by atoms with Gasteiger partial charge in [0.15, 0.2) is 4.96 Å². The van der Waals surface area contributed by atoms with Gasteiger partial charge in [-0.15, -0.1) is 11.3 Å². The van der Waals surface area contributed by atoms with E-state index in [4.69, 9.17) is 11.6 Å². The van der Waals surface area contributed by atoms with Gasteiger partial charge in [0.05, 0.1) is 17.7 Å². The molecule has 0 aliphatic carbocycles. The van der Waals surface area contributed by atoms with Crippen LogP contribution in [0.25, 0.3) is 4.96 Å². The Bertz CT molecular complexity index is 1000. The molecule has 0 radical (unpaired) electrons. The Morgan fingerprint density at radius 2 is 2.07 bits per heavy atom. The first-order chi connectivity index (χ1) is 13.2. The number of imidazole rings is 2. The van der Waals surface area contributed by atoms with E-state index in [0.717, 1.165) is 53.8 Å². The monoisotopic (exact) mass is 399 g/mol. The number of nitrogens with zero attached hydrogens (tertiary/aromatic N) is 5. The van der Waals surface area contributed by atoms with E-state index in [1.54, 1.807) is 11.3 Å². The maximum atomic E-state index is 6.42. The third-order valence-corrected chi connectivity index (χ3v) is 5.86. The van der Waals surface area contributed by atoms with Crippen molar-refractivity contribution in [1.82, 2.24) is 23.8 Å². The maximum Gasteiger partial charge on any atom is 0.194 e. The molecule has 4 aromatic rings. The summed E-state index contributed by atoms with van der Waals surface area (Å²) >= 11 is 8.09. The van der Waals surface area contributed by atoms with Gasteiger partial charge in [0.2, 0.25) is 0 Å². The zero-order valence-corrected chi connectivity index (χ0v) is 16.8. The lowest BCUT2D eigenvalue weighted by Crippen LogP contribution is -2.26. The van der Waals surface area contributed by atoms with Gasteiger partial charge in [-0.3, -0.25) is 9.30 Å². The summed E-state index contributed by atoms with van der Waals surface area (Å²) in [6.07, 6.45) is 8.85. The Morgan fingerprint density at radius 3 is 2.89 bits per heavy atom. The fraction of sp³-hybridized carbons (Fsp3) is 0.300. The molecule has 3 heterocycles. The minimum atomic E-state index is 0.820. The lowest BCUT2D eigenvalue weighted by atomic mass is 10.2. The van der Waals surface area contributed by atoms with Crippen LogP contribution in [-0.2, 0) is 19.6 Å². The van der Waals surface area contributed by atoms with Crippen molar-refractivity contribution in [1.29, 1.82) is 0 Å². The van der Waals surface area contributed by atoms with Gasteiger partial charge in [-0.25, -0.2) is 9.97 Å². The van der Waals surface area contributed by atoms with Gasteiger partial charge >= 0.3 is 0 Å². The first-order valence-electron chi connectivity index (χ1n) is 9.03. The quantitative estimate of drug-likeness (QED) is 0.433. The van der Waals surface area contributed by atoms with Gasteiger partial charge in [0, 0.05) is 55.2 Å². The third-order valence-electron chi connectivity index (χ3n) is 4.74. The average molecular weight is 400 g/mol. The fourth-order valence-electron chi connectivity index (χ4n) is 3.32. The van der Waals surface area contributed by atoms with E-state index >= 15 is 0 Å². The van der Waals surface area contributed by atoms with E-state index < -0.39 is 0 Å². The number of hydrogen-bond donors (Lipinski definition) is 0. The fourth-order valence-corrected chi connectivity index (χ4v) is 4.29. The topological polar surface area (TPSA) is 38.4 Å². The molecule has 140 valence electrons. The summed E-state index contributed by atoms with van der Waals surface area (Å²) < 4.78 is 4.32. The Morgan fingerprint density at radius 1 is 1.19 bits per heavy atom. The van der Waals surface area contributed by atoms with E-state index in [9.17, 15) is 0 Å². The molecule has 0 fully saturated rings. The van der Waals surface area contributed by atoms with Crippen LogP contribution in [-0.4, -0.2) is 30.4 Å². The molecule has 0 amide bonds. The van der Waals surface area contributed by atoms with Crippen LogP contribution < -0.4 is 0 Å². The van der Waals surface area contributed by atoms with Crippen LogP contribution in [0.5, 0.6) is 0 Å². The third kappa shape index (κ3) is 4.24. The largest absolute Gasteiger partial charge is 0.337 e. The van der Waals surface area contributed by atoms with Crippen molar-refractivity contribution in [2.75, 3.05) is 6.54 Å². The number of benzene rings is 1. The predicted octanol–water partition coefficient (Wildman–Crippen LogP) is 4.65. The first kappa shape index (κ1) is 18.2. The molecule has 0 unspecified atom stereocenters. The van der Waals surface area contributed by atoms with Crippen molar-refractivity contribution in [2.24, 2.45) is 0 Å². The highest BCUT2D eigenvalue weighted by Crippen LogP contribution is 2.22. The molecule has 7 heteroatoms. The minimum absolute atomic E-state index is 0.820. The van der Waals surface area contributed by atoms with Crippen molar-refractivity contribution in [3.8, 4) is 0 Å². The van der Waals surface area contributed by atoms with Crippen LogP contribution >= 0.6 is 22.9 Å². The summed E-state index contributed by atoms with van der Waals surface area (Å²) in [7, 11) is 0. The van der Waals surface area contributed by atoms with Crippen molar-refractivity contribution in [3.63, 3.8) is 0 Å². The second-order valence-corrected chi connectivity index (χ2v) is 7.94. The second-order valence-electron chi connectivity index (χ2n) is 6.66. The highest BCUT2D eigenvalue weighted by Gasteiger charge is 2.15. The maximum absolute atomic E-state index is 6.42. The van der Waals surface area contributed by atoms with Crippen LogP contribution in [0.3, 0.4) is 0 Å². The summed E-state index contributed by atoms with van der Waals surface area (Å²) in [6, 6.07) is 8.09. The molecule has 0 N–H and O–H groups in total. The standard InChI is InChI=1S/C20H22ClN5S/c1-16-19(26-11-12-27-20(26)23-16)14-25(9-4-8-24-10-7-22-15-24)13-17-5-2-3-6-18(17)21/h2-3,5-7,10-12,15H,4,8-9,13-14H2,1H3. The number of hydrogen-bond acceptors (Lipinski definition) is 4. The Balaban J connectivity index is 1.52. The summed E-state index contributed by atoms with van der Waals surface area (Å²) in [6.45, 7) is 5.69. The van der Waals surface area contributed by atoms with E-state index in [0.29, 0.717) is 0 Å². The predicted molar refractivity (Wildman–Crippen MR) is 110 cm³/mol. The molecular formula is C20H22ClN5S. The molecule has 5 nitrogen and oxygen atoms in total. The first-order valence-corrected chi connectivity index (χ1v) is 10.3. The van der Waals surface area contributed by atoms with Gasteiger partial charge in [0.25, 0.3) is 0 Å². The molecule has 3 aromatic heterocycles. The molecule has 0 aliphatic heterocycles. The van der Waals surface area contributed by atoms with Crippen molar-refractivity contribution in [2.45, 2.75) is 33.0 Å². The summed E-state index contributed by atoms with van der Waals surface area (Å²) in [5.41, 5.74) is 3.51. The Labute approximate surface area is 167 Å². The van der Waals surface area contributed by atoms with Crippen molar-refractivity contribution >= 4 is 27.9 Å². The number of fused-ring (bicyclic) bond motifs is 1. The summed E-state index contributed by atoms with van der Waals surface area (Å²) in [5.74, 6) is 0. The number of halogens is 1. The van der Waals surface area contributed by atoms with E-state index in [2.05, 4.69) is 48.4 Å². The average Bonchev–Trinajstić information content (AvgIpc) is 3.37. The molecule has 0 bridgehead atoms. The molecular weight excluding hydrogens is 378 g/mol. The van der Waals surface area contributed by atoms with Gasteiger partial charge in [-0.2, -0.15) is 0 Å². The van der Waals surface area contributed by atoms with Crippen LogP contribution in [0.2, 0.25) is 5.02 Å². The van der Waals surface area contributed by atoms with Crippen molar-refractivity contribution in [3.05, 3.63) is 76.5 Å². The molecule has 0 spiro atoms. The van der Waals surface area contributed by atoms with Gasteiger partial charge < -0.3 is 4.57 Å².